The average molecular weight is 392 g/mol. The van der Waals surface area contributed by atoms with Gasteiger partial charge in [0.05, 0.1) is 11.3 Å². The van der Waals surface area contributed by atoms with E-state index in [0.717, 1.165) is 4.88 Å². The SMILES string of the molecule is O=C(/C=C/c1cccs1)Nc1ccccc1C(=O)Nc1ccc2c(c1)OCO2. The predicted octanol–water partition coefficient (Wildman–Crippen LogP) is 4.38. The van der Waals surface area contributed by atoms with Gasteiger partial charge in [-0.2, -0.15) is 0 Å². The summed E-state index contributed by atoms with van der Waals surface area (Å²) in [4.78, 5) is 25.9. The van der Waals surface area contributed by atoms with Crippen molar-refractivity contribution in [1.29, 1.82) is 0 Å². The fraction of sp³-hybridized carbons (Fsp3) is 0.0476. The highest BCUT2D eigenvalue weighted by atomic mass is 32.1. The first-order valence-corrected chi connectivity index (χ1v) is 9.39. The summed E-state index contributed by atoms with van der Waals surface area (Å²) in [5.74, 6) is 0.579. The normalized spacial score (nSPS) is 12.1. The number of carbonyl (C=O) groups is 2. The van der Waals surface area contributed by atoms with Gasteiger partial charge < -0.3 is 20.1 Å². The lowest BCUT2D eigenvalue weighted by atomic mass is 10.1. The zero-order chi connectivity index (χ0) is 19.3. The van der Waals surface area contributed by atoms with Gasteiger partial charge in [-0.25, -0.2) is 0 Å². The quantitative estimate of drug-likeness (QED) is 0.632. The summed E-state index contributed by atoms with van der Waals surface area (Å²) in [6, 6.07) is 15.8. The molecule has 0 radical (unpaired) electrons. The van der Waals surface area contributed by atoms with Crippen LogP contribution in [0.1, 0.15) is 15.2 Å². The van der Waals surface area contributed by atoms with E-state index in [1.165, 1.54) is 17.4 Å². The first-order chi connectivity index (χ1) is 13.7. The monoisotopic (exact) mass is 392 g/mol. The lowest BCUT2D eigenvalue weighted by Crippen LogP contribution is -2.17. The third-order valence-electron chi connectivity index (χ3n) is 4.00. The Morgan fingerprint density at radius 1 is 0.964 bits per heavy atom. The third-order valence-corrected chi connectivity index (χ3v) is 4.84. The number of nitrogens with one attached hydrogen (secondary N) is 2. The van der Waals surface area contributed by atoms with Crippen molar-refractivity contribution < 1.29 is 19.1 Å². The van der Waals surface area contributed by atoms with Gasteiger partial charge in [0.25, 0.3) is 5.91 Å². The minimum Gasteiger partial charge on any atom is -0.454 e. The Labute approximate surface area is 165 Å². The number of hydrogen-bond acceptors (Lipinski definition) is 5. The van der Waals surface area contributed by atoms with E-state index in [9.17, 15) is 9.59 Å². The summed E-state index contributed by atoms with van der Waals surface area (Å²) in [6.45, 7) is 0.167. The van der Waals surface area contributed by atoms with Gasteiger partial charge in [0.15, 0.2) is 11.5 Å². The van der Waals surface area contributed by atoms with Crippen LogP contribution in [0.4, 0.5) is 11.4 Å². The summed E-state index contributed by atoms with van der Waals surface area (Å²) in [5, 5.41) is 7.51. The maximum absolute atomic E-state index is 12.7. The molecule has 2 amide bonds. The van der Waals surface area contributed by atoms with Crippen LogP contribution in [-0.2, 0) is 4.79 Å². The van der Waals surface area contributed by atoms with Crippen LogP contribution >= 0.6 is 11.3 Å². The number of rotatable bonds is 5. The number of hydrogen-bond donors (Lipinski definition) is 2. The van der Waals surface area contributed by atoms with Crippen molar-refractivity contribution in [3.8, 4) is 11.5 Å². The number of anilines is 2. The molecular formula is C21H16N2O4S. The van der Waals surface area contributed by atoms with Crippen LogP contribution in [0.25, 0.3) is 6.08 Å². The number of amides is 2. The maximum Gasteiger partial charge on any atom is 0.257 e. The van der Waals surface area contributed by atoms with Crippen molar-refractivity contribution in [2.45, 2.75) is 0 Å². The Hall–Kier alpha value is -3.58. The second-order valence-electron chi connectivity index (χ2n) is 5.91. The van der Waals surface area contributed by atoms with Gasteiger partial charge in [-0.1, -0.05) is 18.2 Å². The Kier molecular flexibility index (Phi) is 5.07. The predicted molar refractivity (Wildman–Crippen MR) is 109 cm³/mol. The number of para-hydroxylation sites is 1. The molecule has 1 aromatic heterocycles. The molecule has 0 saturated heterocycles. The first-order valence-electron chi connectivity index (χ1n) is 8.52. The minimum absolute atomic E-state index is 0.167. The Morgan fingerprint density at radius 2 is 1.82 bits per heavy atom. The molecule has 3 aromatic rings. The number of carbonyl (C=O) groups excluding carboxylic acids is 2. The van der Waals surface area contributed by atoms with Crippen LogP contribution in [0.3, 0.4) is 0 Å². The fourth-order valence-corrected chi connectivity index (χ4v) is 3.30. The molecular weight excluding hydrogens is 376 g/mol. The van der Waals surface area contributed by atoms with Crippen molar-refractivity contribution in [2.75, 3.05) is 17.4 Å². The van der Waals surface area contributed by atoms with E-state index in [0.29, 0.717) is 28.4 Å². The minimum atomic E-state index is -0.336. The number of ether oxygens (including phenoxy) is 2. The zero-order valence-electron chi connectivity index (χ0n) is 14.7. The molecule has 7 heteroatoms. The van der Waals surface area contributed by atoms with Crippen LogP contribution < -0.4 is 20.1 Å². The highest BCUT2D eigenvalue weighted by Crippen LogP contribution is 2.34. The molecule has 1 aliphatic rings. The van der Waals surface area contributed by atoms with Crippen molar-refractivity contribution in [1.82, 2.24) is 0 Å². The van der Waals surface area contributed by atoms with Gasteiger partial charge in [0.1, 0.15) is 0 Å². The number of benzene rings is 2. The van der Waals surface area contributed by atoms with E-state index in [-0.39, 0.29) is 18.6 Å². The molecule has 2 heterocycles. The van der Waals surface area contributed by atoms with Crippen molar-refractivity contribution in [2.24, 2.45) is 0 Å². The molecule has 0 unspecified atom stereocenters. The lowest BCUT2D eigenvalue weighted by Gasteiger charge is -2.11. The smallest absolute Gasteiger partial charge is 0.257 e. The maximum atomic E-state index is 12.7. The fourth-order valence-electron chi connectivity index (χ4n) is 2.68. The van der Waals surface area contributed by atoms with Crippen molar-refractivity contribution in [3.05, 3.63) is 76.5 Å². The van der Waals surface area contributed by atoms with E-state index < -0.39 is 0 Å². The van der Waals surface area contributed by atoms with Gasteiger partial charge >= 0.3 is 0 Å². The van der Waals surface area contributed by atoms with Crippen molar-refractivity contribution >= 4 is 40.6 Å². The summed E-state index contributed by atoms with van der Waals surface area (Å²) < 4.78 is 10.6. The van der Waals surface area contributed by atoms with E-state index in [1.807, 2.05) is 17.5 Å². The molecule has 1 aliphatic heterocycles. The van der Waals surface area contributed by atoms with Crippen LogP contribution in [0, 0.1) is 0 Å². The lowest BCUT2D eigenvalue weighted by molar-refractivity contribution is -0.111. The van der Waals surface area contributed by atoms with E-state index in [2.05, 4.69) is 10.6 Å². The molecule has 28 heavy (non-hydrogen) atoms. The summed E-state index contributed by atoms with van der Waals surface area (Å²) in [6.07, 6.45) is 3.17. The van der Waals surface area contributed by atoms with Crippen molar-refractivity contribution in [3.63, 3.8) is 0 Å². The van der Waals surface area contributed by atoms with Gasteiger partial charge in [-0.3, -0.25) is 9.59 Å². The molecule has 0 saturated carbocycles. The molecule has 2 aromatic carbocycles. The van der Waals surface area contributed by atoms with Crippen LogP contribution in [-0.4, -0.2) is 18.6 Å². The molecule has 0 fully saturated rings. The average Bonchev–Trinajstić information content (AvgIpc) is 3.38. The number of thiophene rings is 1. The summed E-state index contributed by atoms with van der Waals surface area (Å²) in [7, 11) is 0. The summed E-state index contributed by atoms with van der Waals surface area (Å²) in [5.41, 5.74) is 1.37. The summed E-state index contributed by atoms with van der Waals surface area (Å²) >= 11 is 1.54. The number of fused-ring (bicyclic) bond motifs is 1. The van der Waals surface area contributed by atoms with Crippen LogP contribution in [0.2, 0.25) is 0 Å². The molecule has 140 valence electrons. The largest absolute Gasteiger partial charge is 0.454 e. The Morgan fingerprint density at radius 3 is 2.68 bits per heavy atom. The van der Waals surface area contributed by atoms with Gasteiger partial charge in [-0.05, 0) is 41.8 Å². The zero-order valence-corrected chi connectivity index (χ0v) is 15.5. The third kappa shape index (κ3) is 4.05. The van der Waals surface area contributed by atoms with Gasteiger partial charge in [0, 0.05) is 22.7 Å². The highest BCUT2D eigenvalue weighted by Gasteiger charge is 2.16. The molecule has 0 bridgehead atoms. The van der Waals surface area contributed by atoms with Gasteiger partial charge in [0.2, 0.25) is 12.7 Å². The highest BCUT2D eigenvalue weighted by molar-refractivity contribution is 7.10. The second kappa shape index (κ2) is 7.98. The standard InChI is InChI=1S/C21H16N2O4S/c24-20(10-8-15-4-3-11-28-15)23-17-6-2-1-5-16(17)21(25)22-14-7-9-18-19(12-14)27-13-26-18/h1-12H,13H2,(H,22,25)(H,23,24)/b10-8+. The first kappa shape index (κ1) is 17.8. The molecule has 6 nitrogen and oxygen atoms in total. The Balaban J connectivity index is 1.47. The van der Waals surface area contributed by atoms with E-state index in [4.69, 9.17) is 9.47 Å². The van der Waals surface area contributed by atoms with E-state index in [1.54, 1.807) is 48.5 Å². The second-order valence-corrected chi connectivity index (χ2v) is 6.89. The van der Waals surface area contributed by atoms with Crippen LogP contribution in [0.5, 0.6) is 11.5 Å². The topological polar surface area (TPSA) is 76.7 Å². The van der Waals surface area contributed by atoms with E-state index >= 15 is 0 Å². The molecule has 0 aliphatic carbocycles. The molecule has 0 atom stereocenters. The molecule has 2 N–H and O–H groups in total. The Bertz CT molecular complexity index is 1040. The molecule has 0 spiro atoms. The van der Waals surface area contributed by atoms with Gasteiger partial charge in [-0.15, -0.1) is 11.3 Å². The molecule has 4 rings (SSSR count). The van der Waals surface area contributed by atoms with Crippen LogP contribution in [0.15, 0.2) is 66.1 Å².